The van der Waals surface area contributed by atoms with Crippen LogP contribution in [0.25, 0.3) is 11.3 Å². The Labute approximate surface area is 109 Å². The number of halogens is 1. The fourth-order valence-electron chi connectivity index (χ4n) is 1.68. The van der Waals surface area contributed by atoms with Gasteiger partial charge in [0.2, 0.25) is 0 Å². The van der Waals surface area contributed by atoms with Gasteiger partial charge < -0.3 is 4.74 Å². The third-order valence-corrected chi connectivity index (χ3v) is 3.55. The summed E-state index contributed by atoms with van der Waals surface area (Å²) >= 11 is 0. The number of primary sulfonamides is 1. The first-order valence-electron chi connectivity index (χ1n) is 5.23. The first-order valence-corrected chi connectivity index (χ1v) is 6.78. The van der Waals surface area contributed by atoms with Gasteiger partial charge in [-0.15, -0.1) is 0 Å². The summed E-state index contributed by atoms with van der Waals surface area (Å²) in [7, 11) is -1.05. The molecule has 0 bridgehead atoms. The summed E-state index contributed by atoms with van der Waals surface area (Å²) in [5, 5.41) is 8.79. The molecule has 8 heteroatoms. The second-order valence-electron chi connectivity index (χ2n) is 3.88. The summed E-state index contributed by atoms with van der Waals surface area (Å²) in [5.41, 5.74) is 0.359. The van der Waals surface area contributed by atoms with Gasteiger partial charge >= 0.3 is 0 Å². The second kappa shape index (κ2) is 4.63. The summed E-state index contributed by atoms with van der Waals surface area (Å²) in [4.78, 5) is 0. The molecule has 0 saturated carbocycles. The maximum Gasteiger partial charge on any atom is 0.255 e. The molecule has 0 atom stereocenters. The van der Waals surface area contributed by atoms with Crippen molar-refractivity contribution >= 4 is 10.0 Å². The molecule has 0 aliphatic rings. The van der Waals surface area contributed by atoms with Crippen molar-refractivity contribution in [3.8, 4) is 17.0 Å². The molecular formula is C11H12FN3O3S. The molecule has 0 amide bonds. The second-order valence-corrected chi connectivity index (χ2v) is 5.39. The van der Waals surface area contributed by atoms with Crippen LogP contribution in [0.2, 0.25) is 0 Å². The van der Waals surface area contributed by atoms with Gasteiger partial charge in [-0.3, -0.25) is 4.68 Å². The topological polar surface area (TPSA) is 87.2 Å². The summed E-state index contributed by atoms with van der Waals surface area (Å²) in [6.07, 6.45) is 0. The van der Waals surface area contributed by atoms with Crippen molar-refractivity contribution in [2.45, 2.75) is 5.03 Å². The van der Waals surface area contributed by atoms with E-state index in [9.17, 15) is 12.8 Å². The van der Waals surface area contributed by atoms with Crippen molar-refractivity contribution in [3.63, 3.8) is 0 Å². The Morgan fingerprint density at radius 2 is 2.05 bits per heavy atom. The highest BCUT2D eigenvalue weighted by Crippen LogP contribution is 2.26. The highest BCUT2D eigenvalue weighted by molar-refractivity contribution is 7.89. The van der Waals surface area contributed by atoms with Crippen molar-refractivity contribution in [2.75, 3.05) is 7.11 Å². The monoisotopic (exact) mass is 285 g/mol. The number of nitrogens with zero attached hydrogens (tertiary/aromatic N) is 2. The van der Waals surface area contributed by atoms with Crippen LogP contribution in [-0.4, -0.2) is 25.3 Å². The van der Waals surface area contributed by atoms with Gasteiger partial charge in [-0.25, -0.2) is 17.9 Å². The van der Waals surface area contributed by atoms with Crippen LogP contribution in [-0.2, 0) is 17.1 Å². The summed E-state index contributed by atoms with van der Waals surface area (Å²) in [6.45, 7) is 0. The third kappa shape index (κ3) is 2.59. The van der Waals surface area contributed by atoms with E-state index in [0.717, 1.165) is 4.68 Å². The molecule has 0 saturated heterocycles. The number of nitrogens with two attached hydrogens (primary N) is 1. The lowest BCUT2D eigenvalue weighted by Crippen LogP contribution is -2.16. The number of aryl methyl sites for hydroxylation is 1. The molecule has 0 aliphatic carbocycles. The van der Waals surface area contributed by atoms with Crippen molar-refractivity contribution in [1.82, 2.24) is 9.78 Å². The first kappa shape index (κ1) is 13.5. The van der Waals surface area contributed by atoms with Crippen LogP contribution in [0, 0.1) is 5.82 Å². The number of sulfonamides is 1. The van der Waals surface area contributed by atoms with Crippen LogP contribution in [0.3, 0.4) is 0 Å². The normalized spacial score (nSPS) is 11.6. The molecule has 2 N–H and O–H groups in total. The fraction of sp³-hybridized carbons (Fsp3) is 0.182. The zero-order chi connectivity index (χ0) is 14.2. The molecule has 0 aliphatic heterocycles. The minimum Gasteiger partial charge on any atom is -0.497 e. The molecule has 102 valence electrons. The van der Waals surface area contributed by atoms with Crippen LogP contribution in [0.4, 0.5) is 4.39 Å². The molecule has 2 rings (SSSR count). The zero-order valence-electron chi connectivity index (χ0n) is 10.3. The smallest absolute Gasteiger partial charge is 0.255 e. The summed E-state index contributed by atoms with van der Waals surface area (Å²) < 4.78 is 42.4. The SMILES string of the molecule is COc1ccc(-c2cc(S(N)(=O)=O)n(C)n2)c(F)c1. The van der Waals surface area contributed by atoms with Crippen LogP contribution >= 0.6 is 0 Å². The average Bonchev–Trinajstić information content (AvgIpc) is 2.70. The zero-order valence-corrected chi connectivity index (χ0v) is 11.1. The van der Waals surface area contributed by atoms with E-state index < -0.39 is 15.8 Å². The maximum atomic E-state index is 13.9. The third-order valence-electron chi connectivity index (χ3n) is 2.58. The molecule has 0 unspecified atom stereocenters. The molecule has 1 aromatic heterocycles. The molecule has 1 heterocycles. The molecule has 0 fully saturated rings. The lowest BCUT2D eigenvalue weighted by Gasteiger charge is -2.02. The van der Waals surface area contributed by atoms with Gasteiger partial charge in [0, 0.05) is 24.7 Å². The Morgan fingerprint density at radius 1 is 1.37 bits per heavy atom. The van der Waals surface area contributed by atoms with Crippen LogP contribution in [0.1, 0.15) is 0 Å². The van der Waals surface area contributed by atoms with Crippen molar-refractivity contribution in [3.05, 3.63) is 30.1 Å². The number of hydrogen-bond donors (Lipinski definition) is 1. The lowest BCUT2D eigenvalue weighted by molar-refractivity contribution is 0.411. The minimum absolute atomic E-state index is 0.173. The van der Waals surface area contributed by atoms with Gasteiger partial charge in [0.05, 0.1) is 12.8 Å². The predicted molar refractivity (Wildman–Crippen MR) is 66.5 cm³/mol. The van der Waals surface area contributed by atoms with Gasteiger partial charge in [-0.1, -0.05) is 0 Å². The molecular weight excluding hydrogens is 273 g/mol. The van der Waals surface area contributed by atoms with E-state index in [1.807, 2.05) is 0 Å². The molecule has 6 nitrogen and oxygen atoms in total. The predicted octanol–water partition coefficient (Wildman–Crippen LogP) is 0.882. The van der Waals surface area contributed by atoms with Crippen LogP contribution < -0.4 is 9.88 Å². The van der Waals surface area contributed by atoms with E-state index in [1.165, 1.54) is 32.4 Å². The number of aromatic nitrogens is 2. The molecule has 19 heavy (non-hydrogen) atoms. The Balaban J connectivity index is 2.55. The number of methoxy groups -OCH3 is 1. The van der Waals surface area contributed by atoms with Crippen molar-refractivity contribution in [2.24, 2.45) is 12.2 Å². The molecule has 2 aromatic rings. The number of rotatable bonds is 3. The first-order chi connectivity index (χ1) is 8.82. The standard InChI is InChI=1S/C11H12FN3O3S/c1-15-11(19(13,16)17)6-10(14-15)8-4-3-7(18-2)5-9(8)12/h3-6H,1-2H3,(H2,13,16,17). The van der Waals surface area contributed by atoms with Crippen molar-refractivity contribution < 1.29 is 17.5 Å². The van der Waals surface area contributed by atoms with Gasteiger partial charge in [-0.05, 0) is 12.1 Å². The maximum absolute atomic E-state index is 13.9. The van der Waals surface area contributed by atoms with Crippen molar-refractivity contribution in [1.29, 1.82) is 0 Å². The molecule has 0 radical (unpaired) electrons. The Morgan fingerprint density at radius 3 is 2.53 bits per heavy atom. The van der Waals surface area contributed by atoms with E-state index in [4.69, 9.17) is 9.88 Å². The van der Waals surface area contributed by atoms with E-state index in [2.05, 4.69) is 5.10 Å². The van der Waals surface area contributed by atoms with E-state index in [1.54, 1.807) is 6.07 Å². The van der Waals surface area contributed by atoms with Crippen LogP contribution in [0.15, 0.2) is 29.3 Å². The Hall–Kier alpha value is -1.93. The Bertz CT molecular complexity index is 725. The van der Waals surface area contributed by atoms with E-state index in [-0.39, 0.29) is 16.3 Å². The molecule has 0 spiro atoms. The quantitative estimate of drug-likeness (QED) is 0.907. The van der Waals surface area contributed by atoms with E-state index in [0.29, 0.717) is 5.75 Å². The largest absolute Gasteiger partial charge is 0.497 e. The Kier molecular flexibility index (Phi) is 3.29. The number of ether oxygens (including phenoxy) is 1. The highest BCUT2D eigenvalue weighted by atomic mass is 32.2. The average molecular weight is 285 g/mol. The van der Waals surface area contributed by atoms with E-state index >= 15 is 0 Å². The fourth-order valence-corrected chi connectivity index (χ4v) is 2.36. The lowest BCUT2D eigenvalue weighted by atomic mass is 10.1. The van der Waals surface area contributed by atoms with Gasteiger partial charge in [-0.2, -0.15) is 5.10 Å². The van der Waals surface area contributed by atoms with Crippen LogP contribution in [0.5, 0.6) is 5.75 Å². The van der Waals surface area contributed by atoms with Gasteiger partial charge in [0.25, 0.3) is 10.0 Å². The van der Waals surface area contributed by atoms with Gasteiger partial charge in [0.1, 0.15) is 11.6 Å². The summed E-state index contributed by atoms with van der Waals surface area (Å²) in [5.74, 6) is -0.192. The van der Waals surface area contributed by atoms with Gasteiger partial charge in [0.15, 0.2) is 5.03 Å². The highest BCUT2D eigenvalue weighted by Gasteiger charge is 2.18. The number of benzene rings is 1. The minimum atomic E-state index is -3.89. The molecule has 1 aromatic carbocycles. The number of hydrogen-bond acceptors (Lipinski definition) is 4. The summed E-state index contributed by atoms with van der Waals surface area (Å²) in [6, 6.07) is 5.44.